The van der Waals surface area contributed by atoms with Crippen molar-refractivity contribution in [2.24, 2.45) is 11.7 Å². The Balaban J connectivity index is 2.53. The van der Waals surface area contributed by atoms with Gasteiger partial charge in [-0.2, -0.15) is 0 Å². The molecule has 0 saturated carbocycles. The first kappa shape index (κ1) is 40.3. The number of hydrogen-bond donors (Lipinski definition) is 4. The van der Waals surface area contributed by atoms with Gasteiger partial charge in [-0.1, -0.05) is 97.1 Å². The van der Waals surface area contributed by atoms with Crippen LogP contribution in [0, 0.1) is 5.92 Å². The molecule has 0 fully saturated rings. The number of benzene rings is 1. The van der Waals surface area contributed by atoms with Crippen LogP contribution in [0.2, 0.25) is 0 Å². The second-order valence-corrected chi connectivity index (χ2v) is 14.4. The Hall–Kier alpha value is -2.84. The Morgan fingerprint density at radius 2 is 1.32 bits per heavy atom. The second kappa shape index (κ2) is 18.6. The number of aliphatic carboxylic acids is 2. The van der Waals surface area contributed by atoms with Crippen LogP contribution in [-0.2, 0) is 26.2 Å². The average molecular weight is 656 g/mol. The molecular weight excluding hydrogens is 590 g/mol. The molecule has 8 heteroatoms. The quantitative estimate of drug-likeness (QED) is 0.0763. The molecule has 0 spiro atoms. The maximum atomic E-state index is 13.3. The number of rotatable bonds is 21. The molecule has 0 bridgehead atoms. The minimum Gasteiger partial charge on any atom is -0.478 e. The summed E-state index contributed by atoms with van der Waals surface area (Å²) in [5, 5.41) is 21.7. The monoisotopic (exact) mass is 655 g/mol. The number of nitrogens with zero attached hydrogens (tertiary/aromatic N) is 1. The third kappa shape index (κ3) is 9.62. The van der Waals surface area contributed by atoms with Gasteiger partial charge in [-0.05, 0) is 71.1 Å². The van der Waals surface area contributed by atoms with E-state index < -0.39 is 23.3 Å². The number of carboxylic acids is 2. The van der Waals surface area contributed by atoms with Crippen LogP contribution in [0.3, 0.4) is 0 Å². The van der Waals surface area contributed by atoms with Crippen molar-refractivity contribution >= 4 is 17.6 Å². The zero-order valence-electron chi connectivity index (χ0n) is 30.8. The Morgan fingerprint density at radius 3 is 1.74 bits per heavy atom. The first-order chi connectivity index (χ1) is 22.1. The standard InChI is InChI=1S/C39H65N3O5/c1-10-11-12-13-14-15-16-17-18-19-22-33(41)34(47-27(6)7)24-30-31(21-20-23-32(30)40)39(25(2)3)35(37(43)44)28(8)42(26(4)5)29(9)36(39)38(45)46/h20-21,23,25-27,33-34H,10-19,22,24,40-41H2,1-9H3,(H,43,44)(H,45,46). The smallest absolute Gasteiger partial charge is 0.334 e. The number of anilines is 1. The number of allylic oxidation sites excluding steroid dienone is 2. The molecule has 0 amide bonds. The lowest BCUT2D eigenvalue weighted by Crippen LogP contribution is -2.50. The largest absolute Gasteiger partial charge is 0.478 e. The van der Waals surface area contributed by atoms with E-state index in [0.29, 0.717) is 34.6 Å². The van der Waals surface area contributed by atoms with Crippen LogP contribution in [0.4, 0.5) is 5.69 Å². The molecule has 47 heavy (non-hydrogen) atoms. The summed E-state index contributed by atoms with van der Waals surface area (Å²) in [4.78, 5) is 28.4. The summed E-state index contributed by atoms with van der Waals surface area (Å²) in [6, 6.07) is 5.04. The fraction of sp³-hybridized carbons (Fsp3) is 0.692. The molecule has 1 aliphatic heterocycles. The summed E-state index contributed by atoms with van der Waals surface area (Å²) in [5.74, 6) is -2.72. The van der Waals surface area contributed by atoms with Crippen molar-refractivity contribution in [1.82, 2.24) is 4.90 Å². The molecule has 2 rings (SSSR count). The SMILES string of the molecule is CCCCCCCCCCCCC(N)C(Cc1c(N)cccc1C1(C(C)C)C(C(=O)O)=C(C)N(C(C)C)C(C)=C1C(=O)O)OC(C)C. The van der Waals surface area contributed by atoms with Gasteiger partial charge >= 0.3 is 11.9 Å². The van der Waals surface area contributed by atoms with Crippen LogP contribution < -0.4 is 11.5 Å². The zero-order chi connectivity index (χ0) is 35.5. The topological polar surface area (TPSA) is 139 Å². The minimum atomic E-state index is -1.47. The van der Waals surface area contributed by atoms with Crippen LogP contribution in [0.5, 0.6) is 0 Å². The fourth-order valence-electron chi connectivity index (χ4n) is 7.87. The third-order valence-corrected chi connectivity index (χ3v) is 9.90. The predicted octanol–water partition coefficient (Wildman–Crippen LogP) is 8.58. The van der Waals surface area contributed by atoms with Gasteiger partial charge in [0.2, 0.25) is 0 Å². The Kier molecular flexibility index (Phi) is 16.0. The van der Waals surface area contributed by atoms with Crippen molar-refractivity contribution in [2.45, 2.75) is 169 Å². The van der Waals surface area contributed by atoms with Gasteiger partial charge in [0.25, 0.3) is 0 Å². The normalized spacial score (nSPS) is 16.5. The Morgan fingerprint density at radius 1 is 0.830 bits per heavy atom. The van der Waals surface area contributed by atoms with E-state index in [2.05, 4.69) is 6.92 Å². The first-order valence-electron chi connectivity index (χ1n) is 18.1. The summed E-state index contributed by atoms with van der Waals surface area (Å²) in [6.45, 7) is 17.4. The van der Waals surface area contributed by atoms with Crippen molar-refractivity contribution in [3.63, 3.8) is 0 Å². The number of unbranched alkanes of at least 4 members (excludes halogenated alkanes) is 9. The summed E-state index contributed by atoms with van der Waals surface area (Å²) in [6.07, 6.45) is 13.1. The molecule has 0 aliphatic carbocycles. The van der Waals surface area contributed by atoms with E-state index >= 15 is 0 Å². The molecule has 0 saturated heterocycles. The highest BCUT2D eigenvalue weighted by molar-refractivity contribution is 6.01. The van der Waals surface area contributed by atoms with E-state index in [4.69, 9.17) is 16.2 Å². The van der Waals surface area contributed by atoms with Crippen molar-refractivity contribution in [3.05, 3.63) is 51.9 Å². The first-order valence-corrected chi connectivity index (χ1v) is 18.1. The molecule has 0 aromatic heterocycles. The van der Waals surface area contributed by atoms with E-state index in [-0.39, 0.29) is 35.4 Å². The molecule has 2 atom stereocenters. The molecule has 0 radical (unpaired) electrons. The third-order valence-electron chi connectivity index (χ3n) is 9.90. The average Bonchev–Trinajstić information content (AvgIpc) is 2.97. The van der Waals surface area contributed by atoms with Crippen LogP contribution in [0.1, 0.15) is 144 Å². The Bertz CT molecular complexity index is 1210. The van der Waals surface area contributed by atoms with E-state index in [1.165, 1.54) is 51.4 Å². The highest BCUT2D eigenvalue weighted by Crippen LogP contribution is 2.54. The van der Waals surface area contributed by atoms with E-state index in [1.54, 1.807) is 26.0 Å². The molecule has 266 valence electrons. The molecule has 1 heterocycles. The predicted molar refractivity (Wildman–Crippen MR) is 193 cm³/mol. The maximum Gasteiger partial charge on any atom is 0.334 e. The molecule has 1 aromatic carbocycles. The number of nitrogens with two attached hydrogens (primary N) is 2. The molecule has 1 aliphatic rings. The minimum absolute atomic E-state index is 0.0621. The van der Waals surface area contributed by atoms with Crippen LogP contribution in [-0.4, -0.2) is 51.3 Å². The van der Waals surface area contributed by atoms with Gasteiger partial charge in [-0.25, -0.2) is 9.59 Å². The summed E-state index contributed by atoms with van der Waals surface area (Å²) >= 11 is 0. The molecule has 1 aromatic rings. The van der Waals surface area contributed by atoms with Crippen LogP contribution in [0.25, 0.3) is 0 Å². The second-order valence-electron chi connectivity index (χ2n) is 14.4. The van der Waals surface area contributed by atoms with E-state index in [1.807, 2.05) is 52.5 Å². The lowest BCUT2D eigenvalue weighted by molar-refractivity contribution is -0.135. The van der Waals surface area contributed by atoms with Gasteiger partial charge in [-0.15, -0.1) is 0 Å². The van der Waals surface area contributed by atoms with Crippen molar-refractivity contribution < 1.29 is 24.5 Å². The lowest BCUT2D eigenvalue weighted by Gasteiger charge is -2.49. The molecule has 2 unspecified atom stereocenters. The fourth-order valence-corrected chi connectivity index (χ4v) is 7.87. The number of carbonyl (C=O) groups is 2. The van der Waals surface area contributed by atoms with Gasteiger partial charge in [-0.3, -0.25) is 0 Å². The van der Waals surface area contributed by atoms with Crippen molar-refractivity contribution in [1.29, 1.82) is 0 Å². The zero-order valence-corrected chi connectivity index (χ0v) is 30.8. The highest BCUT2D eigenvalue weighted by Gasteiger charge is 2.55. The van der Waals surface area contributed by atoms with Gasteiger partial charge in [0.15, 0.2) is 0 Å². The lowest BCUT2D eigenvalue weighted by atomic mass is 9.58. The van der Waals surface area contributed by atoms with Crippen LogP contribution >= 0.6 is 0 Å². The maximum absolute atomic E-state index is 13.3. The number of nitrogen functional groups attached to an aromatic ring is 1. The molecule has 8 nitrogen and oxygen atoms in total. The van der Waals surface area contributed by atoms with Gasteiger partial charge in [0.1, 0.15) is 0 Å². The number of ether oxygens (including phenoxy) is 1. The van der Waals surface area contributed by atoms with E-state index in [0.717, 1.165) is 19.3 Å². The summed E-state index contributed by atoms with van der Waals surface area (Å²) < 4.78 is 6.44. The number of hydrogen-bond acceptors (Lipinski definition) is 6. The summed E-state index contributed by atoms with van der Waals surface area (Å²) in [5.41, 5.74) is 15.1. The number of carboxylic acid groups (broad SMARTS) is 2. The van der Waals surface area contributed by atoms with Gasteiger partial charge < -0.3 is 31.3 Å². The Labute approximate surface area is 285 Å². The van der Waals surface area contributed by atoms with Gasteiger partial charge in [0, 0.05) is 35.6 Å². The van der Waals surface area contributed by atoms with E-state index in [9.17, 15) is 19.8 Å². The van der Waals surface area contributed by atoms with Crippen molar-refractivity contribution in [3.8, 4) is 0 Å². The van der Waals surface area contributed by atoms with Gasteiger partial charge in [0.05, 0.1) is 28.8 Å². The molecular formula is C39H65N3O5. The van der Waals surface area contributed by atoms with Crippen molar-refractivity contribution in [2.75, 3.05) is 5.73 Å². The highest BCUT2D eigenvalue weighted by atomic mass is 16.5. The van der Waals surface area contributed by atoms with Crippen LogP contribution in [0.15, 0.2) is 40.7 Å². The molecule has 6 N–H and O–H groups in total. The summed E-state index contributed by atoms with van der Waals surface area (Å²) in [7, 11) is 0.